The molecule has 1 aromatic carbocycles. The number of aryl methyl sites for hydroxylation is 1. The van der Waals surface area contributed by atoms with Crippen molar-refractivity contribution in [1.29, 1.82) is 0 Å². The van der Waals surface area contributed by atoms with Gasteiger partial charge in [0.25, 0.3) is 0 Å². The van der Waals surface area contributed by atoms with Crippen molar-refractivity contribution in [3.05, 3.63) is 65.4 Å². The quantitative estimate of drug-likeness (QED) is 0.588. The lowest BCUT2D eigenvalue weighted by atomic mass is 10.1. The van der Waals surface area contributed by atoms with Crippen LogP contribution in [0.1, 0.15) is 5.69 Å². The molecule has 0 radical (unpaired) electrons. The van der Waals surface area contributed by atoms with Gasteiger partial charge in [-0.25, -0.2) is 0 Å². The van der Waals surface area contributed by atoms with Crippen LogP contribution in [0.4, 0.5) is 0 Å². The van der Waals surface area contributed by atoms with E-state index in [9.17, 15) is 0 Å². The van der Waals surface area contributed by atoms with Crippen molar-refractivity contribution in [3.63, 3.8) is 0 Å². The van der Waals surface area contributed by atoms with Crippen molar-refractivity contribution in [2.45, 2.75) is 6.92 Å². The predicted octanol–water partition coefficient (Wildman–Crippen LogP) is 4.57. The topological polar surface area (TPSA) is 4.41 Å². The first kappa shape index (κ1) is 10.4. The molecule has 0 N–H and O–H groups in total. The normalized spacial score (nSPS) is 10.9. The lowest BCUT2D eigenvalue weighted by Crippen LogP contribution is -1.85. The first-order valence-electron chi connectivity index (χ1n) is 5.58. The van der Waals surface area contributed by atoms with Gasteiger partial charge in [0.2, 0.25) is 0 Å². The second kappa shape index (κ2) is 3.94. The van der Waals surface area contributed by atoms with Gasteiger partial charge in [-0.15, -0.1) is 0 Å². The van der Waals surface area contributed by atoms with Gasteiger partial charge in [0.1, 0.15) is 0 Å². The van der Waals surface area contributed by atoms with Crippen molar-refractivity contribution >= 4 is 17.1 Å². The fourth-order valence-electron chi connectivity index (χ4n) is 2.18. The molecule has 0 aliphatic carbocycles. The molecule has 0 bridgehead atoms. The second-order valence-electron chi connectivity index (χ2n) is 4.15. The third kappa shape index (κ3) is 1.73. The monoisotopic (exact) mass is 241 g/mol. The summed E-state index contributed by atoms with van der Waals surface area (Å²) in [6.07, 6.45) is 2.09. The van der Waals surface area contributed by atoms with Crippen molar-refractivity contribution in [3.8, 4) is 11.1 Å². The minimum atomic E-state index is 0.773. The van der Waals surface area contributed by atoms with Crippen molar-refractivity contribution in [2.75, 3.05) is 0 Å². The fraction of sp³-hybridized carbons (Fsp3) is 0.0667. The van der Waals surface area contributed by atoms with Crippen LogP contribution < -0.4 is 0 Å². The van der Waals surface area contributed by atoms with Crippen LogP contribution in [0.25, 0.3) is 16.6 Å². The van der Waals surface area contributed by atoms with Gasteiger partial charge < -0.3 is 4.40 Å². The molecule has 1 nitrogen and oxygen atoms in total. The van der Waals surface area contributed by atoms with Crippen molar-refractivity contribution in [1.82, 2.24) is 4.40 Å². The SMILES string of the molecule is Cc1c(-c2ccc(Cl)cc2)cc2ccccn12. The van der Waals surface area contributed by atoms with Crippen LogP contribution in [0.15, 0.2) is 54.7 Å². The number of hydrogen-bond donors (Lipinski definition) is 0. The number of hydrogen-bond acceptors (Lipinski definition) is 0. The van der Waals surface area contributed by atoms with E-state index in [2.05, 4.69) is 47.9 Å². The number of fused-ring (bicyclic) bond motifs is 1. The molecule has 3 aromatic rings. The molecule has 0 amide bonds. The molecule has 3 rings (SSSR count). The molecule has 0 fully saturated rings. The highest BCUT2D eigenvalue weighted by atomic mass is 35.5. The molecule has 0 saturated carbocycles. The Morgan fingerprint density at radius 2 is 1.76 bits per heavy atom. The van der Waals surface area contributed by atoms with Crippen LogP contribution in [0.5, 0.6) is 0 Å². The number of rotatable bonds is 1. The molecular weight excluding hydrogens is 230 g/mol. The van der Waals surface area contributed by atoms with Crippen LogP contribution in [-0.4, -0.2) is 4.40 Å². The first-order chi connectivity index (χ1) is 8.25. The van der Waals surface area contributed by atoms with Gasteiger partial charge in [-0.1, -0.05) is 29.8 Å². The van der Waals surface area contributed by atoms with Gasteiger partial charge in [-0.2, -0.15) is 0 Å². The molecule has 0 spiro atoms. The zero-order valence-electron chi connectivity index (χ0n) is 9.52. The summed E-state index contributed by atoms with van der Waals surface area (Å²) >= 11 is 5.91. The van der Waals surface area contributed by atoms with Crippen LogP contribution in [0.2, 0.25) is 5.02 Å². The number of halogens is 1. The summed E-state index contributed by atoms with van der Waals surface area (Å²) < 4.78 is 2.20. The Kier molecular flexibility index (Phi) is 2.41. The summed E-state index contributed by atoms with van der Waals surface area (Å²) in [6.45, 7) is 2.14. The van der Waals surface area contributed by atoms with E-state index in [-0.39, 0.29) is 0 Å². The van der Waals surface area contributed by atoms with E-state index in [1.807, 2.05) is 18.2 Å². The highest BCUT2D eigenvalue weighted by Gasteiger charge is 2.07. The van der Waals surface area contributed by atoms with Gasteiger partial charge in [0.05, 0.1) is 0 Å². The smallest absolute Gasteiger partial charge is 0.0459 e. The zero-order chi connectivity index (χ0) is 11.8. The molecule has 0 aliphatic rings. The van der Waals surface area contributed by atoms with E-state index < -0.39 is 0 Å². The van der Waals surface area contributed by atoms with Crippen LogP contribution in [0.3, 0.4) is 0 Å². The van der Waals surface area contributed by atoms with Gasteiger partial charge in [-0.3, -0.25) is 0 Å². The lowest BCUT2D eigenvalue weighted by molar-refractivity contribution is 1.11. The Labute approximate surface area is 105 Å². The molecular formula is C15H12ClN. The fourth-order valence-corrected chi connectivity index (χ4v) is 2.31. The molecule has 0 aliphatic heterocycles. The standard InChI is InChI=1S/C15H12ClN/c1-11-15(12-5-7-13(16)8-6-12)10-14-4-2-3-9-17(11)14/h2-10H,1H3. The second-order valence-corrected chi connectivity index (χ2v) is 4.58. The Morgan fingerprint density at radius 1 is 1.00 bits per heavy atom. The maximum atomic E-state index is 5.91. The van der Waals surface area contributed by atoms with Crippen LogP contribution in [0, 0.1) is 6.92 Å². The summed E-state index contributed by atoms with van der Waals surface area (Å²) in [5.41, 5.74) is 4.93. The summed E-state index contributed by atoms with van der Waals surface area (Å²) in [7, 11) is 0. The zero-order valence-corrected chi connectivity index (χ0v) is 10.3. The minimum absolute atomic E-state index is 0.773. The molecule has 84 valence electrons. The number of pyridine rings is 1. The molecule has 0 unspecified atom stereocenters. The molecule has 2 heteroatoms. The van der Waals surface area contributed by atoms with E-state index in [0.717, 1.165) is 5.02 Å². The van der Waals surface area contributed by atoms with Gasteiger partial charge in [0, 0.05) is 28.0 Å². The summed E-state index contributed by atoms with van der Waals surface area (Å²) in [5, 5.41) is 0.773. The Balaban J connectivity index is 2.24. The van der Waals surface area contributed by atoms with Crippen LogP contribution in [-0.2, 0) is 0 Å². The van der Waals surface area contributed by atoms with Gasteiger partial charge in [-0.05, 0) is 42.8 Å². The van der Waals surface area contributed by atoms with Crippen molar-refractivity contribution < 1.29 is 0 Å². The Morgan fingerprint density at radius 3 is 2.47 bits per heavy atom. The van der Waals surface area contributed by atoms with E-state index >= 15 is 0 Å². The van der Waals surface area contributed by atoms with E-state index in [0.29, 0.717) is 0 Å². The minimum Gasteiger partial charge on any atom is -0.321 e. The molecule has 17 heavy (non-hydrogen) atoms. The van der Waals surface area contributed by atoms with Crippen molar-refractivity contribution in [2.24, 2.45) is 0 Å². The van der Waals surface area contributed by atoms with E-state index in [1.54, 1.807) is 0 Å². The van der Waals surface area contributed by atoms with Crippen LogP contribution >= 0.6 is 11.6 Å². The number of nitrogens with zero attached hydrogens (tertiary/aromatic N) is 1. The first-order valence-corrected chi connectivity index (χ1v) is 5.96. The lowest BCUT2D eigenvalue weighted by Gasteiger charge is -2.01. The van der Waals surface area contributed by atoms with E-state index in [4.69, 9.17) is 11.6 Å². The average Bonchev–Trinajstić information content (AvgIpc) is 2.69. The van der Waals surface area contributed by atoms with Gasteiger partial charge in [0.15, 0.2) is 0 Å². The Bertz CT molecular complexity index is 665. The highest BCUT2D eigenvalue weighted by molar-refractivity contribution is 6.30. The molecule has 2 aromatic heterocycles. The van der Waals surface area contributed by atoms with E-state index in [1.165, 1.54) is 22.3 Å². The molecule has 0 atom stereocenters. The summed E-state index contributed by atoms with van der Waals surface area (Å²) in [6, 6.07) is 16.4. The maximum Gasteiger partial charge on any atom is 0.0459 e. The molecule has 0 saturated heterocycles. The third-order valence-corrected chi connectivity index (χ3v) is 3.34. The number of aromatic nitrogens is 1. The third-order valence-electron chi connectivity index (χ3n) is 3.09. The molecule has 2 heterocycles. The highest BCUT2D eigenvalue weighted by Crippen LogP contribution is 2.27. The largest absolute Gasteiger partial charge is 0.321 e. The van der Waals surface area contributed by atoms with Gasteiger partial charge >= 0.3 is 0 Å². The summed E-state index contributed by atoms with van der Waals surface area (Å²) in [5.74, 6) is 0. The maximum absolute atomic E-state index is 5.91. The summed E-state index contributed by atoms with van der Waals surface area (Å²) in [4.78, 5) is 0. The predicted molar refractivity (Wildman–Crippen MR) is 72.6 cm³/mol. The average molecular weight is 242 g/mol. The number of benzene rings is 1. The Hall–Kier alpha value is -1.73.